The van der Waals surface area contributed by atoms with Crippen LogP contribution in [0.25, 0.3) is 21.9 Å². The van der Waals surface area contributed by atoms with Crippen LogP contribution in [0, 0.1) is 11.6 Å². The van der Waals surface area contributed by atoms with E-state index in [4.69, 9.17) is 9.84 Å². The molecule has 0 saturated carbocycles. The van der Waals surface area contributed by atoms with Crippen molar-refractivity contribution in [2.45, 2.75) is 32.8 Å². The Balaban J connectivity index is 2.40. The molecule has 2 aromatic carbocycles. The molecule has 28 heavy (non-hydrogen) atoms. The van der Waals surface area contributed by atoms with Gasteiger partial charge < -0.3 is 14.9 Å². The number of nitrogens with zero attached hydrogens (tertiary/aromatic N) is 1. The Kier molecular flexibility index (Phi) is 5.18. The van der Waals surface area contributed by atoms with E-state index in [1.165, 1.54) is 31.2 Å². The van der Waals surface area contributed by atoms with E-state index in [-0.39, 0.29) is 17.2 Å². The van der Waals surface area contributed by atoms with Crippen LogP contribution in [0.3, 0.4) is 0 Å². The lowest BCUT2D eigenvalue weighted by Crippen LogP contribution is -2.24. The normalized spacial score (nSPS) is 12.4. The fraction of sp³-hybridized carbons (Fsp3) is 0.238. The smallest absolute Gasteiger partial charge is 0.344 e. The van der Waals surface area contributed by atoms with Crippen molar-refractivity contribution in [3.63, 3.8) is 0 Å². The fourth-order valence-electron chi connectivity index (χ4n) is 2.98. The van der Waals surface area contributed by atoms with Gasteiger partial charge in [0.15, 0.2) is 17.7 Å². The summed E-state index contributed by atoms with van der Waals surface area (Å²) in [6, 6.07) is 8.42. The number of hydrogen-bond donors (Lipinski definition) is 2. The van der Waals surface area contributed by atoms with Gasteiger partial charge in [-0.25, -0.2) is 18.6 Å². The van der Waals surface area contributed by atoms with Crippen LogP contribution in [0.1, 0.15) is 32.4 Å². The molecule has 146 valence electrons. The maximum absolute atomic E-state index is 14.8. The van der Waals surface area contributed by atoms with Crippen molar-refractivity contribution in [1.82, 2.24) is 4.98 Å². The Hall–Kier alpha value is -3.22. The fourth-order valence-corrected chi connectivity index (χ4v) is 2.98. The number of phenolic OH excluding ortho intramolecular Hbond substituents is 1. The third-order valence-electron chi connectivity index (χ3n) is 4.40. The molecule has 2 N–H and O–H groups in total. The van der Waals surface area contributed by atoms with E-state index in [0.29, 0.717) is 22.2 Å². The Bertz CT molecular complexity index is 1050. The highest BCUT2D eigenvalue weighted by Crippen LogP contribution is 2.41. The Labute approximate surface area is 160 Å². The average molecular weight is 387 g/mol. The van der Waals surface area contributed by atoms with Crippen molar-refractivity contribution < 1.29 is 28.5 Å². The first-order valence-corrected chi connectivity index (χ1v) is 8.71. The van der Waals surface area contributed by atoms with Crippen molar-refractivity contribution >= 4 is 16.7 Å². The summed E-state index contributed by atoms with van der Waals surface area (Å²) >= 11 is 0. The summed E-state index contributed by atoms with van der Waals surface area (Å²) in [7, 11) is 0. The van der Waals surface area contributed by atoms with Gasteiger partial charge in [0.2, 0.25) is 5.88 Å². The number of aromatic nitrogens is 1. The molecule has 3 rings (SSSR count). The molecule has 0 saturated heterocycles. The molecule has 1 atom stereocenters. The number of aliphatic carboxylic acids is 1. The zero-order chi connectivity index (χ0) is 20.6. The first kappa shape index (κ1) is 19.5. The molecule has 0 bridgehead atoms. The number of carbonyl (C=O) groups is 1. The number of ether oxygens (including phenoxy) is 1. The van der Waals surface area contributed by atoms with E-state index in [1.807, 2.05) is 13.8 Å². The molecular weight excluding hydrogens is 368 g/mol. The van der Waals surface area contributed by atoms with Gasteiger partial charge in [0.1, 0.15) is 5.82 Å². The van der Waals surface area contributed by atoms with Crippen LogP contribution in [0.4, 0.5) is 8.78 Å². The van der Waals surface area contributed by atoms with Crippen LogP contribution in [0.5, 0.6) is 11.6 Å². The van der Waals surface area contributed by atoms with Gasteiger partial charge in [-0.3, -0.25) is 0 Å². The second kappa shape index (κ2) is 7.42. The third-order valence-corrected chi connectivity index (χ3v) is 4.40. The first-order chi connectivity index (χ1) is 13.2. The van der Waals surface area contributed by atoms with Gasteiger partial charge in [-0.15, -0.1) is 0 Å². The standard InChI is InChI=1S/C21H19F2NO4/c1-10(2)19-16(12-4-6-13(22)7-5-12)14-8-9-15(25)18(23)17(14)20(24-19)28-11(3)21(26)27/h4-11,25H,1-3H3,(H,26,27)/t11-/m0/s1. The minimum atomic E-state index is -1.27. The summed E-state index contributed by atoms with van der Waals surface area (Å²) in [5.74, 6) is -3.55. The van der Waals surface area contributed by atoms with Crippen molar-refractivity contribution in [2.75, 3.05) is 0 Å². The molecule has 0 radical (unpaired) electrons. The summed E-state index contributed by atoms with van der Waals surface area (Å²) in [5.41, 5.74) is 1.72. The van der Waals surface area contributed by atoms with Gasteiger partial charge in [-0.05, 0) is 48.1 Å². The maximum atomic E-state index is 14.8. The van der Waals surface area contributed by atoms with Gasteiger partial charge in [0, 0.05) is 5.56 Å². The van der Waals surface area contributed by atoms with Crippen LogP contribution in [-0.2, 0) is 4.79 Å². The van der Waals surface area contributed by atoms with Crippen LogP contribution in [0.2, 0.25) is 0 Å². The number of carboxylic acids is 1. The molecular formula is C21H19F2NO4. The van der Waals surface area contributed by atoms with Crippen molar-refractivity contribution in [3.8, 4) is 22.8 Å². The lowest BCUT2D eigenvalue weighted by Gasteiger charge is -2.20. The number of pyridine rings is 1. The highest BCUT2D eigenvalue weighted by Gasteiger charge is 2.25. The topological polar surface area (TPSA) is 79.7 Å². The van der Waals surface area contributed by atoms with E-state index in [2.05, 4.69) is 4.98 Å². The Morgan fingerprint density at radius 3 is 2.29 bits per heavy atom. The quantitative estimate of drug-likeness (QED) is 0.654. The third kappa shape index (κ3) is 3.47. The molecule has 5 nitrogen and oxygen atoms in total. The molecule has 0 fully saturated rings. The number of carboxylic acid groups (broad SMARTS) is 1. The van der Waals surface area contributed by atoms with Crippen LogP contribution < -0.4 is 4.74 Å². The van der Waals surface area contributed by atoms with Crippen molar-refractivity contribution in [2.24, 2.45) is 0 Å². The molecule has 0 aliphatic carbocycles. The number of aromatic hydroxyl groups is 1. The van der Waals surface area contributed by atoms with Gasteiger partial charge in [0.25, 0.3) is 0 Å². The molecule has 0 aliphatic heterocycles. The number of fused-ring (bicyclic) bond motifs is 1. The zero-order valence-electron chi connectivity index (χ0n) is 15.5. The average Bonchev–Trinajstić information content (AvgIpc) is 2.64. The van der Waals surface area contributed by atoms with Gasteiger partial charge >= 0.3 is 5.97 Å². The number of halogens is 2. The monoisotopic (exact) mass is 387 g/mol. The van der Waals surface area contributed by atoms with Gasteiger partial charge in [-0.2, -0.15) is 0 Å². The summed E-state index contributed by atoms with van der Waals surface area (Å²) in [5, 5.41) is 19.2. The number of hydrogen-bond acceptors (Lipinski definition) is 4. The predicted octanol–water partition coefficient (Wildman–Crippen LogP) is 4.86. The van der Waals surface area contributed by atoms with Crippen LogP contribution in [-0.4, -0.2) is 27.3 Å². The largest absolute Gasteiger partial charge is 0.505 e. The van der Waals surface area contributed by atoms with Crippen LogP contribution >= 0.6 is 0 Å². The summed E-state index contributed by atoms with van der Waals surface area (Å²) in [6.45, 7) is 5.06. The summed E-state index contributed by atoms with van der Waals surface area (Å²) in [6.07, 6.45) is -1.27. The van der Waals surface area contributed by atoms with Crippen LogP contribution in [0.15, 0.2) is 36.4 Å². The highest BCUT2D eigenvalue weighted by atomic mass is 19.1. The maximum Gasteiger partial charge on any atom is 0.344 e. The highest BCUT2D eigenvalue weighted by molar-refractivity contribution is 6.01. The predicted molar refractivity (Wildman–Crippen MR) is 101 cm³/mol. The molecule has 1 aromatic heterocycles. The van der Waals surface area contributed by atoms with E-state index in [9.17, 15) is 18.7 Å². The molecule has 7 heteroatoms. The minimum Gasteiger partial charge on any atom is -0.505 e. The van der Waals surface area contributed by atoms with E-state index in [1.54, 1.807) is 12.1 Å². The van der Waals surface area contributed by atoms with Crippen molar-refractivity contribution in [1.29, 1.82) is 0 Å². The molecule has 0 aliphatic rings. The molecule has 0 amide bonds. The van der Waals surface area contributed by atoms with E-state index < -0.39 is 29.5 Å². The Morgan fingerprint density at radius 2 is 1.71 bits per heavy atom. The molecule has 0 unspecified atom stereocenters. The first-order valence-electron chi connectivity index (χ1n) is 8.71. The lowest BCUT2D eigenvalue weighted by atomic mass is 9.92. The number of benzene rings is 2. The number of phenols is 1. The summed E-state index contributed by atoms with van der Waals surface area (Å²) in [4.78, 5) is 15.6. The number of rotatable bonds is 5. The van der Waals surface area contributed by atoms with Crippen molar-refractivity contribution in [3.05, 3.63) is 53.7 Å². The zero-order valence-corrected chi connectivity index (χ0v) is 15.5. The lowest BCUT2D eigenvalue weighted by molar-refractivity contribution is -0.144. The second-order valence-electron chi connectivity index (χ2n) is 6.76. The Morgan fingerprint density at radius 1 is 1.07 bits per heavy atom. The molecule has 0 spiro atoms. The summed E-state index contributed by atoms with van der Waals surface area (Å²) < 4.78 is 33.6. The van der Waals surface area contributed by atoms with Gasteiger partial charge in [0.05, 0.1) is 11.1 Å². The minimum absolute atomic E-state index is 0.121. The molecule has 1 heterocycles. The van der Waals surface area contributed by atoms with E-state index >= 15 is 0 Å². The van der Waals surface area contributed by atoms with Gasteiger partial charge in [-0.1, -0.05) is 26.0 Å². The SMILES string of the molecule is CC(C)c1nc(O[C@@H](C)C(=O)O)c2c(F)c(O)ccc2c1-c1ccc(F)cc1. The second-order valence-corrected chi connectivity index (χ2v) is 6.76. The van der Waals surface area contributed by atoms with E-state index in [0.717, 1.165) is 0 Å². The molecule has 3 aromatic rings.